The lowest BCUT2D eigenvalue weighted by Gasteiger charge is -2.40. The predicted molar refractivity (Wildman–Crippen MR) is 83.0 cm³/mol. The minimum Gasteiger partial charge on any atom is -0.481 e. The van der Waals surface area contributed by atoms with Crippen LogP contribution in [0.3, 0.4) is 0 Å². The Morgan fingerprint density at radius 2 is 1.30 bits per heavy atom. The number of carbonyl (C=O) groups is 1. The lowest BCUT2D eigenvalue weighted by Crippen LogP contribution is -2.58. The van der Waals surface area contributed by atoms with Gasteiger partial charge in [0.25, 0.3) is 0 Å². The summed E-state index contributed by atoms with van der Waals surface area (Å²) >= 11 is 0. The lowest BCUT2D eigenvalue weighted by molar-refractivity contribution is -0.230. The quantitative estimate of drug-likeness (QED) is 0.347. The Morgan fingerprint density at radius 3 is 1.87 bits per heavy atom. The van der Waals surface area contributed by atoms with E-state index >= 15 is 0 Å². The SMILES string of the molecule is O=C(O)CCCCCCCCCC1O[C@H](CO)[C@@H](O)[C@H](O)[C@H]1O. The molecule has 0 saturated carbocycles. The van der Waals surface area contributed by atoms with Crippen LogP contribution in [-0.2, 0) is 9.53 Å². The molecule has 136 valence electrons. The predicted octanol–water partition coefficient (Wildman–Crippen LogP) is 0.424. The van der Waals surface area contributed by atoms with E-state index < -0.39 is 43.1 Å². The second-order valence-corrected chi connectivity index (χ2v) is 6.27. The fourth-order valence-corrected chi connectivity index (χ4v) is 2.92. The van der Waals surface area contributed by atoms with Gasteiger partial charge in [0.1, 0.15) is 24.4 Å². The summed E-state index contributed by atoms with van der Waals surface area (Å²) < 4.78 is 5.45. The van der Waals surface area contributed by atoms with Crippen molar-refractivity contribution in [1.82, 2.24) is 0 Å². The van der Waals surface area contributed by atoms with Crippen molar-refractivity contribution in [3.05, 3.63) is 0 Å². The van der Waals surface area contributed by atoms with E-state index in [4.69, 9.17) is 14.9 Å². The average molecular weight is 334 g/mol. The lowest BCUT2D eigenvalue weighted by atomic mass is 9.92. The highest BCUT2D eigenvalue weighted by Gasteiger charge is 2.42. The summed E-state index contributed by atoms with van der Waals surface area (Å²) in [6.45, 7) is -0.391. The Bertz CT molecular complexity index is 334. The summed E-state index contributed by atoms with van der Waals surface area (Å²) in [6.07, 6.45) is 2.24. The molecule has 0 aromatic rings. The number of aliphatic hydroxyl groups is 4. The maximum atomic E-state index is 10.4. The Kier molecular flexibility index (Phi) is 9.66. The van der Waals surface area contributed by atoms with Crippen LogP contribution in [0.2, 0.25) is 0 Å². The Balaban J connectivity index is 2.09. The third-order valence-corrected chi connectivity index (χ3v) is 4.37. The van der Waals surface area contributed by atoms with Crippen LogP contribution in [0, 0.1) is 0 Å². The molecular weight excluding hydrogens is 304 g/mol. The number of hydrogen-bond acceptors (Lipinski definition) is 6. The van der Waals surface area contributed by atoms with Gasteiger partial charge >= 0.3 is 5.97 Å². The van der Waals surface area contributed by atoms with Crippen LogP contribution < -0.4 is 0 Å². The molecule has 1 rings (SSSR count). The average Bonchev–Trinajstić information content (AvgIpc) is 2.52. The number of carboxylic acids is 1. The molecule has 5 atom stereocenters. The number of ether oxygens (including phenoxy) is 1. The van der Waals surface area contributed by atoms with Crippen molar-refractivity contribution in [2.24, 2.45) is 0 Å². The monoisotopic (exact) mass is 334 g/mol. The van der Waals surface area contributed by atoms with E-state index in [1.165, 1.54) is 0 Å². The molecule has 0 aromatic carbocycles. The number of rotatable bonds is 11. The Labute approximate surface area is 136 Å². The molecule has 0 radical (unpaired) electrons. The van der Waals surface area contributed by atoms with Crippen LogP contribution in [-0.4, -0.2) is 68.6 Å². The van der Waals surface area contributed by atoms with Gasteiger partial charge in [-0.2, -0.15) is 0 Å². The van der Waals surface area contributed by atoms with Gasteiger partial charge in [-0.15, -0.1) is 0 Å². The first kappa shape index (κ1) is 20.3. The molecule has 23 heavy (non-hydrogen) atoms. The summed E-state index contributed by atoms with van der Waals surface area (Å²) in [5, 5.41) is 46.9. The summed E-state index contributed by atoms with van der Waals surface area (Å²) in [5.41, 5.74) is 0. The van der Waals surface area contributed by atoms with Gasteiger partial charge in [-0.25, -0.2) is 0 Å². The first-order valence-electron chi connectivity index (χ1n) is 8.49. The van der Waals surface area contributed by atoms with Crippen LogP contribution in [0.4, 0.5) is 0 Å². The zero-order chi connectivity index (χ0) is 17.2. The number of carboxylic acid groups (broad SMARTS) is 1. The van der Waals surface area contributed by atoms with Gasteiger partial charge in [-0.05, 0) is 12.8 Å². The van der Waals surface area contributed by atoms with Crippen molar-refractivity contribution in [2.75, 3.05) is 6.61 Å². The van der Waals surface area contributed by atoms with Gasteiger partial charge in [0.05, 0.1) is 12.7 Å². The van der Waals surface area contributed by atoms with E-state index in [-0.39, 0.29) is 6.42 Å². The van der Waals surface area contributed by atoms with Crippen LogP contribution in [0.15, 0.2) is 0 Å². The Hall–Kier alpha value is -0.730. The third kappa shape index (κ3) is 7.14. The first-order chi connectivity index (χ1) is 11.0. The molecular formula is C16H30O7. The highest BCUT2D eigenvalue weighted by molar-refractivity contribution is 5.66. The number of aliphatic carboxylic acids is 1. The van der Waals surface area contributed by atoms with Gasteiger partial charge in [-0.1, -0.05) is 38.5 Å². The van der Waals surface area contributed by atoms with Crippen LogP contribution >= 0.6 is 0 Å². The summed E-state index contributed by atoms with van der Waals surface area (Å²) in [4.78, 5) is 10.4. The molecule has 1 saturated heterocycles. The second kappa shape index (κ2) is 10.9. The third-order valence-electron chi connectivity index (χ3n) is 4.37. The molecule has 0 aromatic heterocycles. The van der Waals surface area contributed by atoms with Gasteiger partial charge in [0.2, 0.25) is 0 Å². The van der Waals surface area contributed by atoms with Crippen LogP contribution in [0.1, 0.15) is 57.8 Å². The smallest absolute Gasteiger partial charge is 0.303 e. The van der Waals surface area contributed by atoms with Crippen molar-refractivity contribution >= 4 is 5.97 Å². The molecule has 0 bridgehead atoms. The standard InChI is InChI=1S/C16H30O7/c17-10-12-15(21)16(22)14(20)11(23-12)8-6-4-2-1-3-5-7-9-13(18)19/h11-12,14-17,20-22H,1-10H2,(H,18,19)/t11?,12-,14+,15-,16-/m1/s1. The van der Waals surface area contributed by atoms with E-state index in [9.17, 15) is 20.1 Å². The zero-order valence-corrected chi connectivity index (χ0v) is 13.5. The molecule has 7 nitrogen and oxygen atoms in total. The summed E-state index contributed by atoms with van der Waals surface area (Å²) in [7, 11) is 0. The van der Waals surface area contributed by atoms with Gasteiger partial charge < -0.3 is 30.3 Å². The topological polar surface area (TPSA) is 127 Å². The largest absolute Gasteiger partial charge is 0.481 e. The molecule has 1 aliphatic rings. The van der Waals surface area contributed by atoms with Crippen molar-refractivity contribution in [2.45, 2.75) is 88.3 Å². The maximum absolute atomic E-state index is 10.4. The summed E-state index contributed by atoms with van der Waals surface area (Å²) in [6, 6.07) is 0. The summed E-state index contributed by atoms with van der Waals surface area (Å²) in [5.74, 6) is -0.746. The number of aliphatic hydroxyl groups excluding tert-OH is 4. The minimum absolute atomic E-state index is 0.233. The van der Waals surface area contributed by atoms with Crippen molar-refractivity contribution < 1.29 is 35.1 Å². The Morgan fingerprint density at radius 1 is 0.783 bits per heavy atom. The van der Waals surface area contributed by atoms with Crippen molar-refractivity contribution in [3.8, 4) is 0 Å². The molecule has 0 aliphatic carbocycles. The van der Waals surface area contributed by atoms with Gasteiger partial charge in [-0.3, -0.25) is 4.79 Å². The number of hydrogen-bond donors (Lipinski definition) is 5. The van der Waals surface area contributed by atoms with Crippen molar-refractivity contribution in [3.63, 3.8) is 0 Å². The molecule has 1 unspecified atom stereocenters. The van der Waals surface area contributed by atoms with Crippen molar-refractivity contribution in [1.29, 1.82) is 0 Å². The van der Waals surface area contributed by atoms with E-state index in [2.05, 4.69) is 0 Å². The van der Waals surface area contributed by atoms with Gasteiger partial charge in [0.15, 0.2) is 0 Å². The molecule has 0 amide bonds. The first-order valence-corrected chi connectivity index (χ1v) is 8.49. The molecule has 7 heteroatoms. The zero-order valence-electron chi connectivity index (χ0n) is 13.5. The maximum Gasteiger partial charge on any atom is 0.303 e. The molecule has 1 fully saturated rings. The fraction of sp³-hybridized carbons (Fsp3) is 0.938. The van der Waals surface area contributed by atoms with E-state index in [1.54, 1.807) is 0 Å². The molecule has 5 N–H and O–H groups in total. The molecule has 1 aliphatic heterocycles. The second-order valence-electron chi connectivity index (χ2n) is 6.27. The highest BCUT2D eigenvalue weighted by Crippen LogP contribution is 2.24. The molecule has 0 spiro atoms. The number of unbranched alkanes of at least 4 members (excludes halogenated alkanes) is 6. The normalized spacial score (nSPS) is 31.2. The van der Waals surface area contributed by atoms with Gasteiger partial charge in [0, 0.05) is 6.42 Å². The van der Waals surface area contributed by atoms with E-state index in [0.717, 1.165) is 44.9 Å². The minimum atomic E-state index is -1.29. The highest BCUT2D eigenvalue weighted by atomic mass is 16.5. The van der Waals surface area contributed by atoms with E-state index in [1.807, 2.05) is 0 Å². The molecule has 1 heterocycles. The van der Waals surface area contributed by atoms with Crippen LogP contribution in [0.25, 0.3) is 0 Å². The van der Waals surface area contributed by atoms with E-state index in [0.29, 0.717) is 6.42 Å². The van der Waals surface area contributed by atoms with Crippen LogP contribution in [0.5, 0.6) is 0 Å². The fourth-order valence-electron chi connectivity index (χ4n) is 2.92.